The van der Waals surface area contributed by atoms with Crippen molar-refractivity contribution in [1.29, 1.82) is 0 Å². The minimum atomic E-state index is -1.01. The molecule has 0 radical (unpaired) electrons. The van der Waals surface area contributed by atoms with E-state index >= 15 is 4.39 Å². The number of nitrogens with zero attached hydrogens (tertiary/aromatic N) is 2. The van der Waals surface area contributed by atoms with Crippen LogP contribution in [0.4, 0.5) is 14.5 Å². The van der Waals surface area contributed by atoms with E-state index in [2.05, 4.69) is 10.3 Å². The summed E-state index contributed by atoms with van der Waals surface area (Å²) >= 11 is 12.4. The molecule has 5 nitrogen and oxygen atoms in total. The molecule has 1 amide bonds. The molecule has 3 aromatic carbocycles. The molecule has 1 atom stereocenters. The zero-order valence-corrected chi connectivity index (χ0v) is 21.0. The highest BCUT2D eigenvalue weighted by Crippen LogP contribution is 2.40. The molecule has 1 N–H and O–H groups in total. The largest absolute Gasteiger partial charge is 0.493 e. The molecule has 6 rings (SSSR count). The lowest BCUT2D eigenvalue weighted by Crippen LogP contribution is -2.49. The standard InChI is InChI=1S/C28H21Cl2F2N3O2/c29-16-9-15(10-17(30)11-16)25-22(32)6-5-20-26(25)33-12-21(27(20)35-13-18(31)14-35)28(36)34-23-7-8-37-24-4-2-1-3-19(23)24/h1-6,9-12,18,23H,7-8,13-14H2,(H,34,36). The van der Waals surface area contributed by atoms with Gasteiger partial charge < -0.3 is 15.0 Å². The monoisotopic (exact) mass is 539 g/mol. The Morgan fingerprint density at radius 1 is 1.08 bits per heavy atom. The second-order valence-corrected chi connectivity index (χ2v) is 10.1. The number of fused-ring (bicyclic) bond motifs is 2. The summed E-state index contributed by atoms with van der Waals surface area (Å²) in [5.74, 6) is -0.114. The van der Waals surface area contributed by atoms with Gasteiger partial charge in [-0.2, -0.15) is 0 Å². The van der Waals surface area contributed by atoms with Crippen LogP contribution in [-0.2, 0) is 0 Å². The Bertz CT molecular complexity index is 1520. The van der Waals surface area contributed by atoms with Gasteiger partial charge in [-0.05, 0) is 42.0 Å². The van der Waals surface area contributed by atoms with Gasteiger partial charge in [-0.1, -0.05) is 41.4 Å². The third kappa shape index (κ3) is 4.36. The minimum absolute atomic E-state index is 0.134. The van der Waals surface area contributed by atoms with Crippen LogP contribution in [0.25, 0.3) is 22.0 Å². The lowest BCUT2D eigenvalue weighted by Gasteiger charge is -2.38. The van der Waals surface area contributed by atoms with Crippen molar-refractivity contribution in [3.05, 3.63) is 87.8 Å². The Balaban J connectivity index is 1.46. The minimum Gasteiger partial charge on any atom is -0.493 e. The first kappa shape index (κ1) is 23.9. The Kier molecular flexibility index (Phi) is 6.13. The van der Waals surface area contributed by atoms with Gasteiger partial charge in [-0.15, -0.1) is 0 Å². The maximum atomic E-state index is 15.2. The fraction of sp³-hybridized carbons (Fsp3) is 0.214. The average molecular weight is 540 g/mol. The first-order valence-electron chi connectivity index (χ1n) is 11.9. The second-order valence-electron chi connectivity index (χ2n) is 9.20. The first-order chi connectivity index (χ1) is 17.9. The van der Waals surface area contributed by atoms with Crippen molar-refractivity contribution >= 4 is 45.7 Å². The van der Waals surface area contributed by atoms with Gasteiger partial charge in [0.25, 0.3) is 5.91 Å². The van der Waals surface area contributed by atoms with Crippen LogP contribution in [0, 0.1) is 5.82 Å². The number of amides is 1. The maximum Gasteiger partial charge on any atom is 0.255 e. The molecule has 1 fully saturated rings. The number of alkyl halides is 1. The zero-order valence-electron chi connectivity index (χ0n) is 19.5. The number of carbonyl (C=O) groups excluding carboxylic acids is 1. The maximum absolute atomic E-state index is 15.2. The van der Waals surface area contributed by atoms with Gasteiger partial charge in [0, 0.05) is 39.2 Å². The second kappa shape index (κ2) is 9.47. The van der Waals surface area contributed by atoms with Gasteiger partial charge in [-0.3, -0.25) is 9.78 Å². The van der Waals surface area contributed by atoms with Crippen LogP contribution >= 0.6 is 23.2 Å². The highest BCUT2D eigenvalue weighted by molar-refractivity contribution is 6.35. The Hall–Kier alpha value is -3.42. The number of carbonyl (C=O) groups is 1. The number of hydrogen-bond donors (Lipinski definition) is 1. The van der Waals surface area contributed by atoms with Crippen molar-refractivity contribution in [2.45, 2.75) is 18.6 Å². The molecule has 0 spiro atoms. The molecule has 1 aromatic heterocycles. The lowest BCUT2D eigenvalue weighted by molar-refractivity contribution is 0.0924. The van der Waals surface area contributed by atoms with E-state index in [4.69, 9.17) is 27.9 Å². The van der Waals surface area contributed by atoms with Gasteiger partial charge in [0.2, 0.25) is 0 Å². The molecule has 2 aliphatic heterocycles. The van der Waals surface area contributed by atoms with Crippen LogP contribution in [0.15, 0.2) is 60.8 Å². The molecule has 37 heavy (non-hydrogen) atoms. The van der Waals surface area contributed by atoms with Gasteiger partial charge in [0.15, 0.2) is 0 Å². The fourth-order valence-corrected chi connectivity index (χ4v) is 5.57. The molecule has 3 heterocycles. The quantitative estimate of drug-likeness (QED) is 0.311. The van der Waals surface area contributed by atoms with E-state index in [-0.39, 0.29) is 30.6 Å². The van der Waals surface area contributed by atoms with E-state index in [0.29, 0.717) is 50.8 Å². The molecule has 1 saturated heterocycles. The molecule has 0 aliphatic carbocycles. The van der Waals surface area contributed by atoms with Gasteiger partial charge >= 0.3 is 0 Å². The number of para-hydroxylation sites is 1. The lowest BCUT2D eigenvalue weighted by atomic mass is 9.96. The third-order valence-corrected chi connectivity index (χ3v) is 7.21. The summed E-state index contributed by atoms with van der Waals surface area (Å²) < 4.78 is 34.9. The van der Waals surface area contributed by atoms with E-state index in [1.807, 2.05) is 24.3 Å². The number of aromatic nitrogens is 1. The van der Waals surface area contributed by atoms with Gasteiger partial charge in [0.1, 0.15) is 17.7 Å². The van der Waals surface area contributed by atoms with E-state index < -0.39 is 12.0 Å². The summed E-state index contributed by atoms with van der Waals surface area (Å²) in [6.45, 7) is 0.746. The number of anilines is 1. The number of hydrogen-bond acceptors (Lipinski definition) is 4. The topological polar surface area (TPSA) is 54.5 Å². The summed E-state index contributed by atoms with van der Waals surface area (Å²) in [4.78, 5) is 19.9. The van der Waals surface area contributed by atoms with Crippen molar-refractivity contribution in [2.24, 2.45) is 0 Å². The van der Waals surface area contributed by atoms with Crippen molar-refractivity contribution in [1.82, 2.24) is 10.3 Å². The van der Waals surface area contributed by atoms with Crippen LogP contribution in [0.2, 0.25) is 10.0 Å². The van der Waals surface area contributed by atoms with Crippen molar-refractivity contribution < 1.29 is 18.3 Å². The van der Waals surface area contributed by atoms with E-state index in [0.717, 1.165) is 11.3 Å². The molecule has 0 bridgehead atoms. The average Bonchev–Trinajstić information content (AvgIpc) is 2.85. The number of nitrogens with one attached hydrogen (secondary N) is 1. The Morgan fingerprint density at radius 3 is 2.59 bits per heavy atom. The zero-order chi connectivity index (χ0) is 25.7. The van der Waals surface area contributed by atoms with E-state index in [9.17, 15) is 9.18 Å². The number of benzene rings is 3. The predicted molar refractivity (Wildman–Crippen MR) is 141 cm³/mol. The SMILES string of the molecule is O=C(NC1CCOc2ccccc21)c1cnc2c(-c3cc(Cl)cc(Cl)c3)c(F)ccc2c1N1CC(F)C1. The van der Waals surface area contributed by atoms with Crippen molar-refractivity contribution in [3.63, 3.8) is 0 Å². The molecular formula is C28H21Cl2F2N3O2. The highest BCUT2D eigenvalue weighted by atomic mass is 35.5. The molecular weight excluding hydrogens is 519 g/mol. The van der Waals surface area contributed by atoms with Gasteiger partial charge in [-0.25, -0.2) is 8.78 Å². The Labute approximate surface area is 222 Å². The number of rotatable bonds is 4. The number of ether oxygens (including phenoxy) is 1. The molecule has 2 aliphatic rings. The predicted octanol–water partition coefficient (Wildman–Crippen LogP) is 6.76. The van der Waals surface area contributed by atoms with Crippen LogP contribution in [0.1, 0.15) is 28.4 Å². The normalized spacial score (nSPS) is 17.2. The van der Waals surface area contributed by atoms with Crippen LogP contribution < -0.4 is 15.0 Å². The molecule has 9 heteroatoms. The van der Waals surface area contributed by atoms with Crippen LogP contribution in [0.5, 0.6) is 5.75 Å². The smallest absolute Gasteiger partial charge is 0.255 e. The molecule has 4 aromatic rings. The first-order valence-corrected chi connectivity index (χ1v) is 12.6. The fourth-order valence-electron chi connectivity index (χ4n) is 5.04. The molecule has 1 unspecified atom stereocenters. The Morgan fingerprint density at radius 2 is 1.84 bits per heavy atom. The summed E-state index contributed by atoms with van der Waals surface area (Å²) in [5, 5.41) is 4.35. The van der Waals surface area contributed by atoms with Crippen LogP contribution in [-0.4, -0.2) is 36.8 Å². The molecule has 0 saturated carbocycles. The summed E-state index contributed by atoms with van der Waals surface area (Å²) in [6, 6.07) is 15.0. The summed E-state index contributed by atoms with van der Waals surface area (Å²) in [6.07, 6.45) is 1.03. The number of pyridine rings is 1. The highest BCUT2D eigenvalue weighted by Gasteiger charge is 2.33. The van der Waals surface area contributed by atoms with Gasteiger partial charge in [0.05, 0.1) is 42.5 Å². The van der Waals surface area contributed by atoms with Crippen LogP contribution in [0.3, 0.4) is 0 Å². The van der Waals surface area contributed by atoms with Crippen molar-refractivity contribution in [2.75, 3.05) is 24.6 Å². The number of halogens is 4. The molecule has 188 valence electrons. The van der Waals surface area contributed by atoms with E-state index in [1.54, 1.807) is 29.2 Å². The van der Waals surface area contributed by atoms with E-state index in [1.165, 1.54) is 12.3 Å². The summed E-state index contributed by atoms with van der Waals surface area (Å²) in [7, 11) is 0. The summed E-state index contributed by atoms with van der Waals surface area (Å²) in [5.41, 5.74) is 2.72. The third-order valence-electron chi connectivity index (χ3n) is 6.77. The van der Waals surface area contributed by atoms with Crippen molar-refractivity contribution in [3.8, 4) is 16.9 Å².